The fraction of sp³-hybridized carbons (Fsp3) is 0.316. The van der Waals surface area contributed by atoms with Crippen molar-refractivity contribution in [3.05, 3.63) is 64.7 Å². The van der Waals surface area contributed by atoms with Gasteiger partial charge in [-0.05, 0) is 37.1 Å². The van der Waals surface area contributed by atoms with Crippen LogP contribution in [0.25, 0.3) is 0 Å². The number of carbonyl (C=O) groups is 1. The third-order valence-corrected chi connectivity index (χ3v) is 5.76. The molecule has 0 spiro atoms. The maximum absolute atomic E-state index is 12.8. The van der Waals surface area contributed by atoms with E-state index in [2.05, 4.69) is 0 Å². The number of anilines is 1. The van der Waals surface area contributed by atoms with Gasteiger partial charge in [0.05, 0.1) is 11.9 Å². The fourth-order valence-electron chi connectivity index (χ4n) is 2.78. The second-order valence-electron chi connectivity index (χ2n) is 6.35. The van der Waals surface area contributed by atoms with Crippen molar-refractivity contribution in [1.29, 1.82) is 0 Å². The van der Waals surface area contributed by atoms with Crippen molar-refractivity contribution in [3.63, 3.8) is 0 Å². The van der Waals surface area contributed by atoms with Crippen LogP contribution in [0.15, 0.2) is 48.5 Å². The van der Waals surface area contributed by atoms with E-state index < -0.39 is 16.1 Å². The summed E-state index contributed by atoms with van der Waals surface area (Å²) < 4.78 is 25.8. The van der Waals surface area contributed by atoms with Crippen molar-refractivity contribution in [2.45, 2.75) is 26.4 Å². The molecule has 5 nitrogen and oxygen atoms in total. The van der Waals surface area contributed by atoms with Crippen molar-refractivity contribution < 1.29 is 13.2 Å². The lowest BCUT2D eigenvalue weighted by Gasteiger charge is -2.31. The van der Waals surface area contributed by atoms with Gasteiger partial charge in [-0.2, -0.15) is 0 Å². The Hall–Kier alpha value is -2.05. The number of nitrogens with zero attached hydrogens (tertiary/aromatic N) is 2. The van der Waals surface area contributed by atoms with Gasteiger partial charge in [0.2, 0.25) is 15.9 Å². The zero-order valence-electron chi connectivity index (χ0n) is 15.3. The average molecular weight is 395 g/mol. The number of hydrogen-bond acceptors (Lipinski definition) is 3. The average Bonchev–Trinajstić information content (AvgIpc) is 2.57. The lowest BCUT2D eigenvalue weighted by molar-refractivity contribution is -0.131. The molecule has 1 amide bonds. The molecule has 2 aromatic rings. The van der Waals surface area contributed by atoms with E-state index >= 15 is 0 Å². The number of carbonyl (C=O) groups excluding carboxylic acids is 1. The molecule has 2 aromatic carbocycles. The van der Waals surface area contributed by atoms with Crippen LogP contribution in [-0.2, 0) is 21.4 Å². The summed E-state index contributed by atoms with van der Waals surface area (Å²) in [5.74, 6) is -0.295. The maximum atomic E-state index is 12.8. The minimum absolute atomic E-state index is 0.295. The van der Waals surface area contributed by atoms with E-state index in [4.69, 9.17) is 11.6 Å². The number of sulfonamides is 1. The van der Waals surface area contributed by atoms with Crippen LogP contribution in [0.4, 0.5) is 5.69 Å². The van der Waals surface area contributed by atoms with Crippen LogP contribution in [0, 0.1) is 6.92 Å². The molecule has 0 aliphatic heterocycles. The van der Waals surface area contributed by atoms with E-state index in [1.54, 1.807) is 32.2 Å². The number of hydrogen-bond donors (Lipinski definition) is 0. The topological polar surface area (TPSA) is 57.7 Å². The van der Waals surface area contributed by atoms with E-state index in [-0.39, 0.29) is 5.91 Å². The lowest BCUT2D eigenvalue weighted by Crippen LogP contribution is -2.48. The molecule has 26 heavy (non-hydrogen) atoms. The molecule has 7 heteroatoms. The van der Waals surface area contributed by atoms with Gasteiger partial charge in [-0.25, -0.2) is 8.42 Å². The Morgan fingerprint density at radius 3 is 2.31 bits per heavy atom. The van der Waals surface area contributed by atoms with Gasteiger partial charge >= 0.3 is 0 Å². The highest BCUT2D eigenvalue weighted by molar-refractivity contribution is 7.92. The summed E-state index contributed by atoms with van der Waals surface area (Å²) in [6.45, 7) is 3.81. The first-order chi connectivity index (χ1) is 12.1. The van der Waals surface area contributed by atoms with Crippen LogP contribution in [0.1, 0.15) is 18.1 Å². The minimum atomic E-state index is -3.67. The molecule has 1 atom stereocenters. The molecule has 140 valence electrons. The van der Waals surface area contributed by atoms with Gasteiger partial charge in [0, 0.05) is 18.6 Å². The van der Waals surface area contributed by atoms with Gasteiger partial charge in [-0.1, -0.05) is 48.0 Å². The van der Waals surface area contributed by atoms with Crippen LogP contribution in [-0.4, -0.2) is 38.6 Å². The number of amides is 1. The molecule has 0 aliphatic carbocycles. The fourth-order valence-corrected chi connectivity index (χ4v) is 4.11. The highest BCUT2D eigenvalue weighted by Crippen LogP contribution is 2.27. The van der Waals surface area contributed by atoms with Crippen LogP contribution >= 0.6 is 11.6 Å². The third-order valence-electron chi connectivity index (χ3n) is 4.12. The number of rotatable bonds is 6. The maximum Gasteiger partial charge on any atom is 0.246 e. The minimum Gasteiger partial charge on any atom is -0.340 e. The van der Waals surface area contributed by atoms with E-state index in [0.29, 0.717) is 17.3 Å². The van der Waals surface area contributed by atoms with Crippen molar-refractivity contribution in [2.75, 3.05) is 17.6 Å². The smallest absolute Gasteiger partial charge is 0.246 e. The number of benzene rings is 2. The third kappa shape index (κ3) is 4.77. The van der Waals surface area contributed by atoms with Crippen molar-refractivity contribution in [2.24, 2.45) is 0 Å². The van der Waals surface area contributed by atoms with Gasteiger partial charge in [0.25, 0.3) is 0 Å². The Kier molecular flexibility index (Phi) is 6.31. The highest BCUT2D eigenvalue weighted by atomic mass is 35.5. The Balaban J connectivity index is 2.30. The number of halogens is 1. The summed E-state index contributed by atoms with van der Waals surface area (Å²) in [6, 6.07) is 13.6. The molecule has 0 N–H and O–H groups in total. The van der Waals surface area contributed by atoms with Gasteiger partial charge < -0.3 is 4.90 Å². The van der Waals surface area contributed by atoms with E-state index in [0.717, 1.165) is 21.7 Å². The molecular weight excluding hydrogens is 372 g/mol. The number of likely N-dealkylation sites (N-methyl/N-ethyl adjacent to an activating group) is 1. The molecule has 1 unspecified atom stereocenters. The molecule has 0 fully saturated rings. The molecule has 0 radical (unpaired) electrons. The van der Waals surface area contributed by atoms with Crippen molar-refractivity contribution in [1.82, 2.24) is 4.90 Å². The van der Waals surface area contributed by atoms with Gasteiger partial charge in [-0.3, -0.25) is 9.10 Å². The predicted molar refractivity (Wildman–Crippen MR) is 106 cm³/mol. The number of aryl methyl sites for hydroxylation is 1. The van der Waals surface area contributed by atoms with Gasteiger partial charge in [0.15, 0.2) is 0 Å². The molecular formula is C19H23ClN2O3S. The zero-order chi connectivity index (χ0) is 19.5. The van der Waals surface area contributed by atoms with Gasteiger partial charge in [0.1, 0.15) is 6.04 Å². The van der Waals surface area contributed by atoms with Crippen LogP contribution in [0.5, 0.6) is 0 Å². The van der Waals surface area contributed by atoms with E-state index in [1.165, 1.54) is 4.90 Å². The summed E-state index contributed by atoms with van der Waals surface area (Å²) in [4.78, 5) is 14.4. The predicted octanol–water partition coefficient (Wildman–Crippen LogP) is 3.46. The molecule has 0 saturated heterocycles. The van der Waals surface area contributed by atoms with Gasteiger partial charge in [-0.15, -0.1) is 0 Å². The monoisotopic (exact) mass is 394 g/mol. The standard InChI is InChI=1S/C19H23ClN2O3S/c1-14-10-11-17(12-18(14)20)22(26(4,24)25)15(2)19(23)21(3)13-16-8-6-5-7-9-16/h5-12,15H,13H2,1-4H3. The molecule has 0 heterocycles. The summed E-state index contributed by atoms with van der Waals surface area (Å²) in [7, 11) is -2.01. The first kappa shape index (κ1) is 20.3. The summed E-state index contributed by atoms with van der Waals surface area (Å²) >= 11 is 6.15. The zero-order valence-corrected chi connectivity index (χ0v) is 16.9. The molecule has 0 aromatic heterocycles. The van der Waals surface area contributed by atoms with Crippen LogP contribution < -0.4 is 4.31 Å². The Bertz CT molecular complexity index is 885. The van der Waals surface area contributed by atoms with E-state index in [9.17, 15) is 13.2 Å². The first-order valence-corrected chi connectivity index (χ1v) is 10.4. The molecule has 0 saturated carbocycles. The van der Waals surface area contributed by atoms with Crippen LogP contribution in [0.3, 0.4) is 0 Å². The SMILES string of the molecule is Cc1ccc(N(C(C)C(=O)N(C)Cc2ccccc2)S(C)(=O)=O)cc1Cl. The quantitative estimate of drug-likeness (QED) is 0.753. The highest BCUT2D eigenvalue weighted by Gasteiger charge is 2.31. The molecule has 0 bridgehead atoms. The Morgan fingerprint density at radius 1 is 1.15 bits per heavy atom. The summed E-state index contributed by atoms with van der Waals surface area (Å²) in [6.07, 6.45) is 1.09. The second-order valence-corrected chi connectivity index (χ2v) is 8.61. The van der Waals surface area contributed by atoms with E-state index in [1.807, 2.05) is 37.3 Å². The second kappa shape index (κ2) is 8.10. The van der Waals surface area contributed by atoms with Crippen LogP contribution in [0.2, 0.25) is 5.02 Å². The molecule has 2 rings (SSSR count). The summed E-state index contributed by atoms with van der Waals surface area (Å²) in [5.41, 5.74) is 2.18. The summed E-state index contributed by atoms with van der Waals surface area (Å²) in [5, 5.41) is 0.452. The Labute approximate surface area is 160 Å². The first-order valence-electron chi connectivity index (χ1n) is 8.15. The van der Waals surface area contributed by atoms with Crippen molar-refractivity contribution >= 4 is 33.2 Å². The Morgan fingerprint density at radius 2 is 1.77 bits per heavy atom. The lowest BCUT2D eigenvalue weighted by atomic mass is 10.2. The molecule has 0 aliphatic rings. The normalized spacial score (nSPS) is 12.5. The largest absolute Gasteiger partial charge is 0.340 e. The van der Waals surface area contributed by atoms with Crippen molar-refractivity contribution in [3.8, 4) is 0 Å².